The van der Waals surface area contributed by atoms with Gasteiger partial charge in [0.05, 0.1) is 6.04 Å². The largest absolute Gasteiger partial charge is 0.318 e. The van der Waals surface area contributed by atoms with E-state index < -0.39 is 6.04 Å². The van der Waals surface area contributed by atoms with E-state index in [-0.39, 0.29) is 11.9 Å². The molecule has 1 heterocycles. The Kier molecular flexibility index (Phi) is 3.42. The molecule has 2 aromatic carbocycles. The molecule has 20 heavy (non-hydrogen) atoms. The van der Waals surface area contributed by atoms with Crippen LogP contribution in [0, 0.1) is 0 Å². The van der Waals surface area contributed by atoms with E-state index in [1.54, 1.807) is 35.2 Å². The van der Waals surface area contributed by atoms with Gasteiger partial charge in [-0.1, -0.05) is 41.4 Å². The summed E-state index contributed by atoms with van der Waals surface area (Å²) in [7, 11) is 0. The average Bonchev–Trinajstić information content (AvgIpc) is 2.46. The molecule has 1 aliphatic rings. The van der Waals surface area contributed by atoms with Gasteiger partial charge in [0.25, 0.3) is 0 Å². The van der Waals surface area contributed by atoms with E-state index in [2.05, 4.69) is 0 Å². The number of nitrogens with two attached hydrogens (primary N) is 1. The number of benzene rings is 2. The Balaban J connectivity index is 2.00. The zero-order chi connectivity index (χ0) is 14.3. The van der Waals surface area contributed by atoms with E-state index in [1.807, 2.05) is 18.2 Å². The zero-order valence-corrected chi connectivity index (χ0v) is 12.0. The molecule has 0 unspecified atom stereocenters. The molecule has 2 atom stereocenters. The number of carbonyl (C=O) groups excluding carboxylic acids is 1. The fourth-order valence-electron chi connectivity index (χ4n) is 2.45. The first-order valence-corrected chi connectivity index (χ1v) is 6.94. The number of anilines is 1. The molecule has 1 amide bonds. The molecule has 3 nitrogen and oxygen atoms in total. The van der Waals surface area contributed by atoms with Gasteiger partial charge in [-0.3, -0.25) is 4.79 Å². The van der Waals surface area contributed by atoms with Crippen molar-refractivity contribution in [2.75, 3.05) is 4.90 Å². The maximum absolute atomic E-state index is 12.1. The maximum Gasteiger partial charge on any atom is 0.247 e. The predicted octanol–water partition coefficient (Wildman–Crippen LogP) is 3.41. The van der Waals surface area contributed by atoms with Crippen molar-refractivity contribution in [1.29, 1.82) is 0 Å². The third-order valence-corrected chi connectivity index (χ3v) is 4.07. The van der Waals surface area contributed by atoms with E-state index in [0.717, 1.165) is 11.3 Å². The van der Waals surface area contributed by atoms with Crippen LogP contribution in [0.15, 0.2) is 48.5 Å². The van der Waals surface area contributed by atoms with Crippen LogP contribution in [0.2, 0.25) is 10.0 Å². The van der Waals surface area contributed by atoms with Crippen molar-refractivity contribution in [3.63, 3.8) is 0 Å². The number of β-lactam (4-membered cyclic amide) rings is 1. The fraction of sp³-hybridized carbons (Fsp3) is 0.133. The van der Waals surface area contributed by atoms with Gasteiger partial charge in [-0.25, -0.2) is 0 Å². The van der Waals surface area contributed by atoms with Crippen LogP contribution < -0.4 is 10.6 Å². The van der Waals surface area contributed by atoms with Crippen molar-refractivity contribution in [3.05, 3.63) is 64.1 Å². The summed E-state index contributed by atoms with van der Waals surface area (Å²) in [6.45, 7) is 0. The van der Waals surface area contributed by atoms with Crippen LogP contribution >= 0.6 is 23.2 Å². The molecule has 0 bridgehead atoms. The minimum Gasteiger partial charge on any atom is -0.318 e. The van der Waals surface area contributed by atoms with E-state index >= 15 is 0 Å². The number of carbonyl (C=O) groups is 1. The first kappa shape index (κ1) is 13.4. The van der Waals surface area contributed by atoms with E-state index in [1.165, 1.54) is 0 Å². The number of nitrogens with zero attached hydrogens (tertiary/aromatic N) is 1. The van der Waals surface area contributed by atoms with Gasteiger partial charge in [0.2, 0.25) is 5.91 Å². The molecule has 0 aliphatic carbocycles. The van der Waals surface area contributed by atoms with Gasteiger partial charge in [-0.2, -0.15) is 0 Å². The second kappa shape index (κ2) is 5.09. The lowest BCUT2D eigenvalue weighted by atomic mass is 9.88. The van der Waals surface area contributed by atoms with E-state index in [4.69, 9.17) is 28.9 Å². The number of hydrogen-bond acceptors (Lipinski definition) is 2. The molecule has 1 aliphatic heterocycles. The van der Waals surface area contributed by atoms with Crippen molar-refractivity contribution in [2.45, 2.75) is 12.1 Å². The van der Waals surface area contributed by atoms with Crippen LogP contribution in [0.4, 0.5) is 5.69 Å². The number of halogens is 2. The standard InChI is InChI=1S/C15H12Cl2N2O/c16-9-5-7-10(8-6-9)19-14(13(18)15(19)20)11-3-1-2-4-12(11)17/h1-8,13-14H,18H2/t13-,14+/m1/s1. The van der Waals surface area contributed by atoms with Crippen LogP contribution in [0.3, 0.4) is 0 Å². The second-order valence-electron chi connectivity index (χ2n) is 4.68. The topological polar surface area (TPSA) is 46.3 Å². The average molecular weight is 307 g/mol. The first-order valence-electron chi connectivity index (χ1n) is 6.18. The van der Waals surface area contributed by atoms with Crippen molar-refractivity contribution in [2.24, 2.45) is 5.73 Å². The highest BCUT2D eigenvalue weighted by atomic mass is 35.5. The van der Waals surface area contributed by atoms with Gasteiger partial charge in [-0.15, -0.1) is 0 Å². The lowest BCUT2D eigenvalue weighted by Crippen LogP contribution is -2.63. The summed E-state index contributed by atoms with van der Waals surface area (Å²) in [5.41, 5.74) is 7.58. The Morgan fingerprint density at radius 1 is 1.00 bits per heavy atom. The van der Waals surface area contributed by atoms with Crippen LogP contribution in [0.25, 0.3) is 0 Å². The van der Waals surface area contributed by atoms with Gasteiger partial charge in [0.1, 0.15) is 6.04 Å². The Hall–Kier alpha value is -1.55. The molecule has 0 radical (unpaired) electrons. The number of hydrogen-bond donors (Lipinski definition) is 1. The monoisotopic (exact) mass is 306 g/mol. The summed E-state index contributed by atoms with van der Waals surface area (Å²) in [5, 5.41) is 1.24. The quantitative estimate of drug-likeness (QED) is 0.864. The van der Waals surface area contributed by atoms with Gasteiger partial charge >= 0.3 is 0 Å². The minimum atomic E-state index is -0.564. The van der Waals surface area contributed by atoms with Crippen LogP contribution in [-0.4, -0.2) is 11.9 Å². The second-order valence-corrected chi connectivity index (χ2v) is 5.52. The van der Waals surface area contributed by atoms with Gasteiger partial charge in [0, 0.05) is 15.7 Å². The van der Waals surface area contributed by atoms with E-state index in [0.29, 0.717) is 10.0 Å². The third-order valence-electron chi connectivity index (χ3n) is 3.47. The van der Waals surface area contributed by atoms with Gasteiger partial charge in [0.15, 0.2) is 0 Å². The molecule has 0 spiro atoms. The highest BCUT2D eigenvalue weighted by molar-refractivity contribution is 6.31. The Bertz CT molecular complexity index is 657. The van der Waals surface area contributed by atoms with Gasteiger partial charge < -0.3 is 10.6 Å². The SMILES string of the molecule is N[C@H]1C(=O)N(c2ccc(Cl)cc2)[C@H]1c1ccccc1Cl. The molecule has 0 saturated carbocycles. The normalized spacial score (nSPS) is 21.8. The molecular formula is C15H12Cl2N2O. The number of amides is 1. The Labute approximate surface area is 126 Å². The molecule has 0 aromatic heterocycles. The lowest BCUT2D eigenvalue weighted by molar-refractivity contribution is -0.126. The highest BCUT2D eigenvalue weighted by Gasteiger charge is 2.47. The van der Waals surface area contributed by atoms with E-state index in [9.17, 15) is 4.79 Å². The Morgan fingerprint density at radius 3 is 2.30 bits per heavy atom. The molecule has 2 N–H and O–H groups in total. The molecular weight excluding hydrogens is 295 g/mol. The maximum atomic E-state index is 12.1. The summed E-state index contributed by atoms with van der Waals surface area (Å²) >= 11 is 12.1. The van der Waals surface area contributed by atoms with Crippen molar-refractivity contribution in [1.82, 2.24) is 0 Å². The third kappa shape index (κ3) is 2.08. The smallest absolute Gasteiger partial charge is 0.247 e. The number of rotatable bonds is 2. The van der Waals surface area contributed by atoms with Gasteiger partial charge in [-0.05, 0) is 35.9 Å². The molecule has 3 rings (SSSR count). The first-order chi connectivity index (χ1) is 9.59. The lowest BCUT2D eigenvalue weighted by Gasteiger charge is -2.45. The van der Waals surface area contributed by atoms with Crippen LogP contribution in [-0.2, 0) is 4.79 Å². The van der Waals surface area contributed by atoms with Crippen molar-refractivity contribution >= 4 is 34.8 Å². The zero-order valence-electron chi connectivity index (χ0n) is 10.5. The molecule has 2 aromatic rings. The minimum absolute atomic E-state index is 0.114. The predicted molar refractivity (Wildman–Crippen MR) is 81.1 cm³/mol. The molecule has 102 valence electrons. The van der Waals surface area contributed by atoms with Crippen molar-refractivity contribution in [3.8, 4) is 0 Å². The van der Waals surface area contributed by atoms with Crippen LogP contribution in [0.5, 0.6) is 0 Å². The summed E-state index contributed by atoms with van der Waals surface area (Å²) < 4.78 is 0. The summed E-state index contributed by atoms with van der Waals surface area (Å²) in [4.78, 5) is 13.7. The molecule has 1 saturated heterocycles. The summed E-state index contributed by atoms with van der Waals surface area (Å²) in [6, 6.07) is 13.7. The fourth-order valence-corrected chi connectivity index (χ4v) is 2.82. The highest BCUT2D eigenvalue weighted by Crippen LogP contribution is 2.40. The molecule has 5 heteroatoms. The molecule has 1 fully saturated rings. The van der Waals surface area contributed by atoms with Crippen LogP contribution in [0.1, 0.15) is 11.6 Å². The van der Waals surface area contributed by atoms with Crippen molar-refractivity contribution < 1.29 is 4.79 Å². The summed E-state index contributed by atoms with van der Waals surface area (Å²) in [5.74, 6) is -0.114. The summed E-state index contributed by atoms with van der Waals surface area (Å²) in [6.07, 6.45) is 0. The Morgan fingerprint density at radius 2 is 1.65 bits per heavy atom.